The van der Waals surface area contributed by atoms with Gasteiger partial charge in [0.1, 0.15) is 5.82 Å². The third-order valence-corrected chi connectivity index (χ3v) is 3.93. The van der Waals surface area contributed by atoms with Crippen molar-refractivity contribution in [1.29, 1.82) is 0 Å². The van der Waals surface area contributed by atoms with Crippen molar-refractivity contribution in [2.45, 2.75) is 24.9 Å². The third-order valence-electron chi connectivity index (χ3n) is 3.93. The largest absolute Gasteiger partial charge is 0.363 e. The van der Waals surface area contributed by atoms with E-state index in [-0.39, 0.29) is 30.7 Å². The van der Waals surface area contributed by atoms with E-state index in [4.69, 9.17) is 5.73 Å². The summed E-state index contributed by atoms with van der Waals surface area (Å²) in [5.74, 6) is 0.821. The van der Waals surface area contributed by atoms with Crippen molar-refractivity contribution in [2.75, 3.05) is 19.0 Å². The van der Waals surface area contributed by atoms with E-state index in [0.29, 0.717) is 6.54 Å². The Kier molecular flexibility index (Phi) is 6.22. The van der Waals surface area contributed by atoms with Gasteiger partial charge in [-0.15, -0.1) is 24.8 Å². The number of benzene rings is 1. The maximum absolute atomic E-state index is 12.0. The first-order chi connectivity index (χ1) is 9.99. The van der Waals surface area contributed by atoms with Crippen LogP contribution < -0.4 is 16.0 Å². The van der Waals surface area contributed by atoms with Crippen molar-refractivity contribution in [3.05, 3.63) is 35.9 Å². The van der Waals surface area contributed by atoms with Crippen LogP contribution in [0.5, 0.6) is 0 Å². The summed E-state index contributed by atoms with van der Waals surface area (Å²) in [7, 11) is 3.91. The maximum Gasteiger partial charge on any atom is 0.240 e. The molecule has 23 heavy (non-hydrogen) atoms. The molecule has 1 aromatic heterocycles. The molecular weight excluding hydrogens is 335 g/mol. The zero-order valence-corrected chi connectivity index (χ0v) is 14.8. The number of hydrogen-bond donors (Lipinski definition) is 2. The average Bonchev–Trinajstić information content (AvgIpc) is 3.23. The first-order valence-corrected chi connectivity index (χ1v) is 7.13. The first-order valence-electron chi connectivity index (χ1n) is 7.13. The fourth-order valence-corrected chi connectivity index (χ4v) is 2.32. The van der Waals surface area contributed by atoms with Gasteiger partial charge in [0.2, 0.25) is 5.91 Å². The lowest BCUT2D eigenvalue weighted by molar-refractivity contribution is -0.123. The minimum atomic E-state index is -0.632. The van der Waals surface area contributed by atoms with Gasteiger partial charge in [0.15, 0.2) is 0 Å². The lowest BCUT2D eigenvalue weighted by Crippen LogP contribution is -2.42. The van der Waals surface area contributed by atoms with Crippen LogP contribution in [0.1, 0.15) is 18.4 Å². The second kappa shape index (κ2) is 7.34. The fraction of sp³-hybridized carbons (Fsp3) is 0.375. The molecule has 0 aliphatic heterocycles. The Balaban J connectivity index is 0.00000132. The summed E-state index contributed by atoms with van der Waals surface area (Å²) in [5, 5.41) is 4.01. The molecule has 1 heterocycles. The van der Waals surface area contributed by atoms with E-state index >= 15 is 0 Å². The highest BCUT2D eigenvalue weighted by Crippen LogP contribution is 2.32. The van der Waals surface area contributed by atoms with E-state index < -0.39 is 5.54 Å². The summed E-state index contributed by atoms with van der Waals surface area (Å²) in [5.41, 5.74) is 7.27. The minimum absolute atomic E-state index is 0. The molecule has 0 bridgehead atoms. The number of aromatic nitrogens is 1. The second-order valence-electron chi connectivity index (χ2n) is 5.89. The molecule has 1 fully saturated rings. The van der Waals surface area contributed by atoms with Crippen LogP contribution in [-0.2, 0) is 11.3 Å². The minimum Gasteiger partial charge on any atom is -0.363 e. The number of anilines is 1. The van der Waals surface area contributed by atoms with Gasteiger partial charge in [0.05, 0.1) is 11.1 Å². The first kappa shape index (κ1) is 19.5. The summed E-state index contributed by atoms with van der Waals surface area (Å²) < 4.78 is 0. The van der Waals surface area contributed by atoms with Gasteiger partial charge in [-0.05, 0) is 30.5 Å². The lowest BCUT2D eigenvalue weighted by Gasteiger charge is -2.16. The second-order valence-corrected chi connectivity index (χ2v) is 5.89. The number of carbonyl (C=O) groups excluding carboxylic acids is 1. The van der Waals surface area contributed by atoms with Crippen molar-refractivity contribution in [3.8, 4) is 0 Å². The third kappa shape index (κ3) is 4.05. The van der Waals surface area contributed by atoms with E-state index in [9.17, 15) is 4.79 Å². The van der Waals surface area contributed by atoms with E-state index in [1.807, 2.05) is 49.3 Å². The van der Waals surface area contributed by atoms with Gasteiger partial charge in [-0.25, -0.2) is 4.98 Å². The molecule has 3 rings (SSSR count). The highest BCUT2D eigenvalue weighted by atomic mass is 35.5. The van der Waals surface area contributed by atoms with Gasteiger partial charge >= 0.3 is 0 Å². The summed E-state index contributed by atoms with van der Waals surface area (Å²) in [6.07, 6.45) is 1.55. The van der Waals surface area contributed by atoms with Crippen molar-refractivity contribution in [1.82, 2.24) is 10.3 Å². The number of halogens is 2. The number of nitrogens with zero attached hydrogens (tertiary/aromatic N) is 2. The van der Waals surface area contributed by atoms with Crippen LogP contribution in [0.2, 0.25) is 0 Å². The van der Waals surface area contributed by atoms with E-state index in [0.717, 1.165) is 35.1 Å². The van der Waals surface area contributed by atoms with Crippen LogP contribution in [0.15, 0.2) is 30.3 Å². The molecule has 7 heteroatoms. The molecule has 1 aliphatic rings. The van der Waals surface area contributed by atoms with Crippen LogP contribution in [-0.4, -0.2) is 30.5 Å². The maximum atomic E-state index is 12.0. The molecule has 0 radical (unpaired) electrons. The molecule has 3 N–H and O–H groups in total. The quantitative estimate of drug-likeness (QED) is 0.881. The van der Waals surface area contributed by atoms with Crippen LogP contribution in [0, 0.1) is 0 Å². The van der Waals surface area contributed by atoms with Crippen molar-refractivity contribution >= 4 is 47.4 Å². The Morgan fingerprint density at radius 1 is 1.30 bits per heavy atom. The van der Waals surface area contributed by atoms with Gasteiger partial charge in [-0.3, -0.25) is 4.79 Å². The number of rotatable bonds is 4. The fourth-order valence-electron chi connectivity index (χ4n) is 2.32. The summed E-state index contributed by atoms with van der Waals surface area (Å²) in [4.78, 5) is 18.6. The normalized spacial score (nSPS) is 14.4. The SMILES string of the molecule is CN(C)c1cc(CNC(=O)C2(N)CC2)c2ccccc2n1.Cl.Cl. The highest BCUT2D eigenvalue weighted by molar-refractivity contribution is 5.90. The molecule has 0 unspecified atom stereocenters. The topological polar surface area (TPSA) is 71.2 Å². The predicted molar refractivity (Wildman–Crippen MR) is 98.6 cm³/mol. The molecule has 1 amide bonds. The van der Waals surface area contributed by atoms with Gasteiger partial charge in [0.25, 0.3) is 0 Å². The molecule has 1 aliphatic carbocycles. The van der Waals surface area contributed by atoms with E-state index in [1.54, 1.807) is 0 Å². The zero-order chi connectivity index (χ0) is 15.0. The van der Waals surface area contributed by atoms with Crippen molar-refractivity contribution < 1.29 is 4.79 Å². The standard InChI is InChI=1S/C16H20N4O.2ClH/c1-20(2)14-9-11(10-18-15(21)16(17)7-8-16)12-5-3-4-6-13(12)19-14;;/h3-6,9H,7-8,10,17H2,1-2H3,(H,18,21);2*1H. The van der Waals surface area contributed by atoms with Gasteiger partial charge in [-0.1, -0.05) is 18.2 Å². The number of amides is 1. The average molecular weight is 357 g/mol. The van der Waals surface area contributed by atoms with Crippen LogP contribution in [0.4, 0.5) is 5.82 Å². The predicted octanol–water partition coefficient (Wildman–Crippen LogP) is 2.25. The van der Waals surface area contributed by atoms with E-state index in [2.05, 4.69) is 10.3 Å². The molecule has 5 nitrogen and oxygen atoms in total. The van der Waals surface area contributed by atoms with Crippen molar-refractivity contribution in [3.63, 3.8) is 0 Å². The molecule has 2 aromatic rings. The Labute approximate surface area is 148 Å². The summed E-state index contributed by atoms with van der Waals surface area (Å²) >= 11 is 0. The monoisotopic (exact) mass is 356 g/mol. The molecule has 0 atom stereocenters. The molecule has 1 aromatic carbocycles. The number of para-hydroxylation sites is 1. The van der Waals surface area contributed by atoms with E-state index in [1.165, 1.54) is 0 Å². The molecule has 1 saturated carbocycles. The van der Waals surface area contributed by atoms with Gasteiger partial charge in [-0.2, -0.15) is 0 Å². The zero-order valence-electron chi connectivity index (χ0n) is 13.2. The van der Waals surface area contributed by atoms with Gasteiger partial charge < -0.3 is 16.0 Å². The molecular formula is C16H22Cl2N4O. The van der Waals surface area contributed by atoms with Crippen LogP contribution in [0.25, 0.3) is 10.9 Å². The molecule has 0 spiro atoms. The smallest absolute Gasteiger partial charge is 0.240 e. The Morgan fingerprint density at radius 2 is 1.96 bits per heavy atom. The summed E-state index contributed by atoms with van der Waals surface area (Å²) in [6.45, 7) is 0.474. The number of carbonyl (C=O) groups is 1. The Bertz CT molecular complexity index is 702. The highest BCUT2D eigenvalue weighted by Gasteiger charge is 2.45. The number of nitrogens with two attached hydrogens (primary N) is 1. The number of fused-ring (bicyclic) bond motifs is 1. The Morgan fingerprint density at radius 3 is 2.57 bits per heavy atom. The Hall–Kier alpha value is -1.56. The van der Waals surface area contributed by atoms with Crippen molar-refractivity contribution in [2.24, 2.45) is 5.73 Å². The number of pyridine rings is 1. The lowest BCUT2D eigenvalue weighted by atomic mass is 10.1. The van der Waals surface area contributed by atoms with Crippen LogP contribution in [0.3, 0.4) is 0 Å². The number of hydrogen-bond acceptors (Lipinski definition) is 4. The van der Waals surface area contributed by atoms with Crippen LogP contribution >= 0.6 is 24.8 Å². The molecule has 0 saturated heterocycles. The number of nitrogens with one attached hydrogen (secondary N) is 1. The van der Waals surface area contributed by atoms with Gasteiger partial charge in [0, 0.05) is 26.0 Å². The molecule has 126 valence electrons. The summed E-state index contributed by atoms with van der Waals surface area (Å²) in [6, 6.07) is 9.97.